The van der Waals surface area contributed by atoms with Gasteiger partial charge in [-0.25, -0.2) is 14.6 Å². The Morgan fingerprint density at radius 2 is 1.85 bits per heavy atom. The molecular formula is C19H20FN3O4. The first-order valence-corrected chi connectivity index (χ1v) is 8.19. The number of halogens is 1. The van der Waals surface area contributed by atoms with Gasteiger partial charge in [-0.15, -0.1) is 0 Å². The van der Waals surface area contributed by atoms with Gasteiger partial charge >= 0.3 is 6.09 Å². The number of carbonyl (C=O) groups is 2. The second-order valence-electron chi connectivity index (χ2n) is 5.71. The van der Waals surface area contributed by atoms with E-state index in [1.807, 2.05) is 18.2 Å². The number of amides is 2. The third kappa shape index (κ3) is 6.87. The number of aliphatic hydroxyl groups excluding tert-OH is 1. The number of alkyl carbamates (subject to hydrolysis) is 1. The van der Waals surface area contributed by atoms with Gasteiger partial charge in [0.05, 0.1) is 12.3 Å². The van der Waals surface area contributed by atoms with Crippen molar-refractivity contribution in [1.82, 2.24) is 10.7 Å². The van der Waals surface area contributed by atoms with Crippen molar-refractivity contribution < 1.29 is 23.8 Å². The molecule has 0 spiro atoms. The summed E-state index contributed by atoms with van der Waals surface area (Å²) in [4.78, 5) is 24.0. The molecule has 0 aliphatic heterocycles. The van der Waals surface area contributed by atoms with E-state index in [0.29, 0.717) is 5.56 Å². The van der Waals surface area contributed by atoms with Crippen LogP contribution in [0, 0.1) is 5.82 Å². The summed E-state index contributed by atoms with van der Waals surface area (Å²) in [6.45, 7) is 1.38. The van der Waals surface area contributed by atoms with Gasteiger partial charge in [0.2, 0.25) is 0 Å². The summed E-state index contributed by atoms with van der Waals surface area (Å²) in [5, 5.41) is 15.8. The maximum absolute atomic E-state index is 12.8. The number of rotatable bonds is 7. The predicted octanol–water partition coefficient (Wildman–Crippen LogP) is 1.95. The third-order valence-electron chi connectivity index (χ3n) is 3.51. The number of carbonyl (C=O) groups excluding carboxylic acids is 2. The van der Waals surface area contributed by atoms with Crippen LogP contribution in [0.3, 0.4) is 0 Å². The standard InChI is InChI=1S/C19H20FN3O4/c1-13(24)17(22-19(26)27-12-15-5-3-2-4-6-15)18(25)23-21-11-14-7-9-16(20)10-8-14/h2-11,13,17,24H,12H2,1H3,(H,22,26)(H,23,25)/b21-11+. The molecule has 0 saturated heterocycles. The van der Waals surface area contributed by atoms with Crippen molar-refractivity contribution in [2.75, 3.05) is 0 Å². The van der Waals surface area contributed by atoms with E-state index in [2.05, 4.69) is 15.8 Å². The summed E-state index contributed by atoms with van der Waals surface area (Å²) in [5.74, 6) is -1.11. The Labute approximate surface area is 155 Å². The Hall–Kier alpha value is -3.26. The van der Waals surface area contributed by atoms with E-state index in [0.717, 1.165) is 5.56 Å². The maximum Gasteiger partial charge on any atom is 0.408 e. The van der Waals surface area contributed by atoms with Crippen molar-refractivity contribution in [1.29, 1.82) is 0 Å². The first kappa shape index (κ1) is 20.1. The summed E-state index contributed by atoms with van der Waals surface area (Å²) in [5.41, 5.74) is 3.57. The molecule has 8 heteroatoms. The molecule has 142 valence electrons. The Morgan fingerprint density at radius 3 is 2.48 bits per heavy atom. The molecule has 0 aromatic heterocycles. The number of nitrogens with zero attached hydrogens (tertiary/aromatic N) is 1. The lowest BCUT2D eigenvalue weighted by Gasteiger charge is -2.19. The van der Waals surface area contributed by atoms with Gasteiger partial charge in [-0.3, -0.25) is 4.79 Å². The molecule has 2 rings (SSSR count). The molecule has 7 nitrogen and oxygen atoms in total. The molecule has 0 fully saturated rings. The fourth-order valence-corrected chi connectivity index (χ4v) is 2.09. The number of hydrogen-bond acceptors (Lipinski definition) is 5. The first-order valence-electron chi connectivity index (χ1n) is 8.19. The lowest BCUT2D eigenvalue weighted by molar-refractivity contribution is -0.125. The van der Waals surface area contributed by atoms with Crippen LogP contribution in [0.5, 0.6) is 0 Å². The molecule has 0 aliphatic rings. The van der Waals surface area contributed by atoms with Crippen molar-refractivity contribution in [3.63, 3.8) is 0 Å². The second-order valence-corrected chi connectivity index (χ2v) is 5.71. The minimum Gasteiger partial charge on any atom is -0.445 e. The third-order valence-corrected chi connectivity index (χ3v) is 3.51. The van der Waals surface area contributed by atoms with E-state index >= 15 is 0 Å². The monoisotopic (exact) mass is 373 g/mol. The fraction of sp³-hybridized carbons (Fsp3) is 0.211. The van der Waals surface area contributed by atoms with Crippen LogP contribution >= 0.6 is 0 Å². The van der Waals surface area contributed by atoms with Crippen LogP contribution in [-0.2, 0) is 16.1 Å². The number of benzene rings is 2. The minimum absolute atomic E-state index is 0.0313. The highest BCUT2D eigenvalue weighted by Crippen LogP contribution is 2.02. The number of ether oxygens (including phenoxy) is 1. The van der Waals surface area contributed by atoms with Gasteiger partial charge in [0.15, 0.2) is 0 Å². The van der Waals surface area contributed by atoms with Gasteiger partial charge < -0.3 is 15.2 Å². The second kappa shape index (κ2) is 10.0. The number of hydrazone groups is 1. The highest BCUT2D eigenvalue weighted by Gasteiger charge is 2.26. The van der Waals surface area contributed by atoms with Crippen LogP contribution in [0.4, 0.5) is 9.18 Å². The van der Waals surface area contributed by atoms with Gasteiger partial charge in [-0.2, -0.15) is 5.10 Å². The van der Waals surface area contributed by atoms with Gasteiger partial charge in [-0.1, -0.05) is 42.5 Å². The Morgan fingerprint density at radius 1 is 1.19 bits per heavy atom. The lowest BCUT2D eigenvalue weighted by atomic mass is 10.2. The smallest absolute Gasteiger partial charge is 0.408 e. The predicted molar refractivity (Wildman–Crippen MR) is 97.4 cm³/mol. The molecule has 2 unspecified atom stereocenters. The summed E-state index contributed by atoms with van der Waals surface area (Å²) in [7, 11) is 0. The molecule has 0 saturated carbocycles. The summed E-state index contributed by atoms with van der Waals surface area (Å²) in [6, 6.07) is 13.3. The zero-order chi connectivity index (χ0) is 19.6. The molecule has 0 radical (unpaired) electrons. The lowest BCUT2D eigenvalue weighted by Crippen LogP contribution is -2.51. The maximum atomic E-state index is 12.8. The highest BCUT2D eigenvalue weighted by molar-refractivity contribution is 5.87. The average Bonchev–Trinajstić information content (AvgIpc) is 2.66. The van der Waals surface area contributed by atoms with E-state index in [9.17, 15) is 19.1 Å². The van der Waals surface area contributed by atoms with E-state index in [1.165, 1.54) is 37.4 Å². The Kier molecular flexibility index (Phi) is 7.45. The summed E-state index contributed by atoms with van der Waals surface area (Å²) < 4.78 is 17.9. The Balaban J connectivity index is 1.86. The van der Waals surface area contributed by atoms with Crippen LogP contribution in [0.25, 0.3) is 0 Å². The topological polar surface area (TPSA) is 100 Å². The van der Waals surface area contributed by atoms with Crippen molar-refractivity contribution in [3.05, 3.63) is 71.5 Å². The normalized spacial score (nSPS) is 13.0. The molecule has 0 bridgehead atoms. The minimum atomic E-state index is -1.25. The van der Waals surface area contributed by atoms with Gasteiger partial charge in [-0.05, 0) is 30.2 Å². The van der Waals surface area contributed by atoms with Crippen molar-refractivity contribution >= 4 is 18.2 Å². The average molecular weight is 373 g/mol. The zero-order valence-corrected chi connectivity index (χ0v) is 14.6. The molecular weight excluding hydrogens is 353 g/mol. The van der Waals surface area contributed by atoms with Crippen LogP contribution in [0.15, 0.2) is 59.7 Å². The SMILES string of the molecule is CC(O)C(NC(=O)OCc1ccccc1)C(=O)N/N=C/c1ccc(F)cc1. The molecule has 27 heavy (non-hydrogen) atoms. The van der Waals surface area contributed by atoms with Gasteiger partial charge in [0, 0.05) is 0 Å². The van der Waals surface area contributed by atoms with Crippen molar-refractivity contribution in [2.45, 2.75) is 25.7 Å². The van der Waals surface area contributed by atoms with E-state index in [4.69, 9.17) is 4.74 Å². The van der Waals surface area contributed by atoms with Gasteiger partial charge in [0.1, 0.15) is 18.5 Å². The zero-order valence-electron chi connectivity index (χ0n) is 14.6. The summed E-state index contributed by atoms with van der Waals surface area (Å²) >= 11 is 0. The molecule has 2 amide bonds. The highest BCUT2D eigenvalue weighted by atomic mass is 19.1. The largest absolute Gasteiger partial charge is 0.445 e. The van der Waals surface area contributed by atoms with E-state index < -0.39 is 24.1 Å². The number of nitrogens with one attached hydrogen (secondary N) is 2. The molecule has 2 atom stereocenters. The summed E-state index contributed by atoms with van der Waals surface area (Å²) in [6.07, 6.45) is -0.706. The molecule has 0 aliphatic carbocycles. The molecule has 0 heterocycles. The molecule has 2 aromatic carbocycles. The van der Waals surface area contributed by atoms with Crippen LogP contribution < -0.4 is 10.7 Å². The fourth-order valence-electron chi connectivity index (χ4n) is 2.09. The number of hydrogen-bond donors (Lipinski definition) is 3. The number of aliphatic hydroxyl groups is 1. The Bertz CT molecular complexity index is 779. The first-order chi connectivity index (χ1) is 13.0. The quantitative estimate of drug-likeness (QED) is 0.510. The molecule has 3 N–H and O–H groups in total. The molecule has 2 aromatic rings. The van der Waals surface area contributed by atoms with Crippen LogP contribution in [-0.4, -0.2) is 35.5 Å². The van der Waals surface area contributed by atoms with E-state index in [1.54, 1.807) is 12.1 Å². The van der Waals surface area contributed by atoms with Crippen LogP contribution in [0.2, 0.25) is 0 Å². The van der Waals surface area contributed by atoms with Crippen molar-refractivity contribution in [2.24, 2.45) is 5.10 Å². The van der Waals surface area contributed by atoms with Crippen LogP contribution in [0.1, 0.15) is 18.1 Å². The van der Waals surface area contributed by atoms with E-state index in [-0.39, 0.29) is 12.4 Å². The van der Waals surface area contributed by atoms with Crippen molar-refractivity contribution in [3.8, 4) is 0 Å². The van der Waals surface area contributed by atoms with Gasteiger partial charge in [0.25, 0.3) is 5.91 Å².